The number of benzene rings is 1. The van der Waals surface area contributed by atoms with Crippen molar-refractivity contribution in [1.82, 2.24) is 5.43 Å². The Morgan fingerprint density at radius 2 is 2.05 bits per heavy atom. The van der Waals surface area contributed by atoms with Crippen LogP contribution in [0.25, 0.3) is 0 Å². The molecule has 2 aromatic rings. The van der Waals surface area contributed by atoms with Gasteiger partial charge in [0.25, 0.3) is 5.91 Å². The van der Waals surface area contributed by atoms with E-state index in [1.165, 1.54) is 0 Å². The molecular formula is C14H14BrN4O2+. The number of hydrogen-bond acceptors (Lipinski definition) is 3. The fourth-order valence-corrected chi connectivity index (χ4v) is 1.71. The quantitative estimate of drug-likeness (QED) is 0.480. The van der Waals surface area contributed by atoms with Gasteiger partial charge in [0.05, 0.1) is 0 Å². The lowest BCUT2D eigenvalue weighted by Gasteiger charge is -2.05. The normalized spacial score (nSPS) is 11.0. The number of amides is 1. The van der Waals surface area contributed by atoms with E-state index in [0.29, 0.717) is 11.4 Å². The first-order chi connectivity index (χ1) is 10.1. The van der Waals surface area contributed by atoms with Gasteiger partial charge in [0, 0.05) is 16.6 Å². The van der Waals surface area contributed by atoms with Crippen molar-refractivity contribution in [1.29, 1.82) is 0 Å². The summed E-state index contributed by atoms with van der Waals surface area (Å²) in [6.07, 6.45) is 1.72. The molecule has 0 bridgehead atoms. The van der Waals surface area contributed by atoms with Crippen LogP contribution >= 0.6 is 15.9 Å². The number of ether oxygens (including phenoxy) is 1. The molecule has 1 heterocycles. The molecule has 0 atom stereocenters. The lowest BCUT2D eigenvalue weighted by molar-refractivity contribution is -0.380. The van der Waals surface area contributed by atoms with Gasteiger partial charge in [-0.2, -0.15) is 0 Å². The molecule has 0 unspecified atom stereocenters. The molecule has 2 rings (SSSR count). The van der Waals surface area contributed by atoms with Gasteiger partial charge in [0.2, 0.25) is 11.5 Å². The summed E-state index contributed by atoms with van der Waals surface area (Å²) in [5.41, 5.74) is 8.67. The Kier molecular flexibility index (Phi) is 5.28. The third-order valence-electron chi connectivity index (χ3n) is 2.47. The van der Waals surface area contributed by atoms with Crippen LogP contribution in [-0.4, -0.2) is 18.3 Å². The molecule has 21 heavy (non-hydrogen) atoms. The summed E-state index contributed by atoms with van der Waals surface area (Å²) in [7, 11) is 0. The highest BCUT2D eigenvalue weighted by Crippen LogP contribution is 2.15. The van der Waals surface area contributed by atoms with Crippen molar-refractivity contribution in [2.45, 2.75) is 0 Å². The van der Waals surface area contributed by atoms with Gasteiger partial charge in [-0.05, 0) is 30.3 Å². The maximum Gasteiger partial charge on any atom is 0.278 e. The minimum atomic E-state index is -0.392. The zero-order chi connectivity index (χ0) is 15.1. The molecule has 0 aliphatic rings. The second-order valence-corrected chi connectivity index (χ2v) is 4.97. The van der Waals surface area contributed by atoms with Crippen molar-refractivity contribution in [3.05, 3.63) is 58.8 Å². The number of hydrazone groups is 1. The number of aromatic amines is 1. The van der Waals surface area contributed by atoms with Crippen molar-refractivity contribution in [2.75, 3.05) is 6.61 Å². The molecule has 6 nitrogen and oxygen atoms in total. The zero-order valence-electron chi connectivity index (χ0n) is 11.0. The molecule has 0 saturated heterocycles. The van der Waals surface area contributed by atoms with E-state index >= 15 is 0 Å². The first kappa shape index (κ1) is 15.0. The Morgan fingerprint density at radius 1 is 1.29 bits per heavy atom. The van der Waals surface area contributed by atoms with E-state index < -0.39 is 5.91 Å². The van der Waals surface area contributed by atoms with E-state index in [1.54, 1.807) is 24.4 Å². The maximum atomic E-state index is 11.6. The van der Waals surface area contributed by atoms with Crippen molar-refractivity contribution in [3.8, 4) is 5.75 Å². The molecule has 1 aromatic carbocycles. The van der Waals surface area contributed by atoms with Crippen LogP contribution in [0.4, 0.5) is 0 Å². The zero-order valence-corrected chi connectivity index (χ0v) is 12.6. The van der Waals surface area contributed by atoms with E-state index in [0.717, 1.165) is 4.47 Å². The fraction of sp³-hybridized carbons (Fsp3) is 0.0714. The lowest BCUT2D eigenvalue weighted by atomic mass is 10.3. The molecule has 7 heteroatoms. The summed E-state index contributed by atoms with van der Waals surface area (Å²) in [6.45, 7) is -0.142. The largest absolute Gasteiger partial charge is 0.484 e. The standard InChI is InChI=1S/C14H13BrN4O2/c15-10-4-6-11(7-5-10)21-9-13(20)18-19-14(16)12-3-1-2-8-17-12/h1-8H,9H2,(H2,16,19)(H,18,20)/p+1. The number of nitrogens with zero attached hydrogens (tertiary/aromatic N) is 1. The molecule has 0 aliphatic heterocycles. The first-order valence-electron chi connectivity index (χ1n) is 6.12. The number of halogens is 1. The van der Waals surface area contributed by atoms with Crippen LogP contribution in [0, 0.1) is 0 Å². The van der Waals surface area contributed by atoms with Gasteiger partial charge in [-0.25, -0.2) is 10.4 Å². The third-order valence-corrected chi connectivity index (χ3v) is 3.00. The van der Waals surface area contributed by atoms with Gasteiger partial charge in [0.1, 0.15) is 5.75 Å². The van der Waals surface area contributed by atoms with E-state index in [1.807, 2.05) is 24.3 Å². The van der Waals surface area contributed by atoms with Crippen molar-refractivity contribution in [3.63, 3.8) is 0 Å². The topological polar surface area (TPSA) is 90.8 Å². The van der Waals surface area contributed by atoms with Crippen LogP contribution in [0.5, 0.6) is 5.75 Å². The van der Waals surface area contributed by atoms with E-state index in [2.05, 4.69) is 31.4 Å². The van der Waals surface area contributed by atoms with Crippen LogP contribution in [0.1, 0.15) is 5.69 Å². The van der Waals surface area contributed by atoms with Gasteiger partial charge in [-0.1, -0.05) is 15.9 Å². The predicted octanol–water partition coefficient (Wildman–Crippen LogP) is 1.08. The average molecular weight is 350 g/mol. The van der Waals surface area contributed by atoms with Gasteiger partial charge in [-0.15, -0.1) is 5.10 Å². The number of rotatable bonds is 5. The monoisotopic (exact) mass is 349 g/mol. The van der Waals surface area contributed by atoms with E-state index in [9.17, 15) is 4.79 Å². The molecule has 0 fully saturated rings. The Hall–Kier alpha value is -2.41. The number of hydrogen-bond donors (Lipinski definition) is 2. The number of H-pyrrole nitrogens is 1. The Bertz CT molecular complexity index is 629. The summed E-state index contributed by atoms with van der Waals surface area (Å²) >= 11 is 3.32. The molecule has 0 saturated carbocycles. The number of amidine groups is 1. The highest BCUT2D eigenvalue weighted by molar-refractivity contribution is 9.10. The molecule has 0 spiro atoms. The third kappa shape index (κ3) is 4.88. The number of carbonyl (C=O) groups is 1. The molecule has 1 amide bonds. The second kappa shape index (κ2) is 7.39. The summed E-state index contributed by atoms with van der Waals surface area (Å²) in [5.74, 6) is 0.395. The SMILES string of the molecule is NC(=NNC(=O)COc1ccc(Br)cc1)c1cccc[nH+]1. The molecule has 4 N–H and O–H groups in total. The van der Waals surface area contributed by atoms with Crippen LogP contribution in [0.15, 0.2) is 58.2 Å². The van der Waals surface area contributed by atoms with Crippen LogP contribution in [0.3, 0.4) is 0 Å². The number of aromatic nitrogens is 1. The summed E-state index contributed by atoms with van der Waals surface area (Å²) < 4.78 is 6.25. The van der Waals surface area contributed by atoms with Gasteiger partial charge in [0.15, 0.2) is 12.8 Å². The maximum absolute atomic E-state index is 11.6. The minimum absolute atomic E-state index is 0.142. The highest BCUT2D eigenvalue weighted by Gasteiger charge is 2.06. The minimum Gasteiger partial charge on any atom is -0.484 e. The average Bonchev–Trinajstić information content (AvgIpc) is 2.53. The number of carbonyl (C=O) groups excluding carboxylic acids is 1. The highest BCUT2D eigenvalue weighted by atomic mass is 79.9. The molecular weight excluding hydrogens is 336 g/mol. The summed E-state index contributed by atoms with van der Waals surface area (Å²) in [5, 5.41) is 3.80. The lowest BCUT2D eigenvalue weighted by Crippen LogP contribution is -2.30. The smallest absolute Gasteiger partial charge is 0.278 e. The molecule has 1 aromatic heterocycles. The molecule has 108 valence electrons. The van der Waals surface area contributed by atoms with Crippen molar-refractivity contribution >= 4 is 27.7 Å². The Morgan fingerprint density at radius 3 is 2.71 bits per heavy atom. The Balaban J connectivity index is 1.83. The van der Waals surface area contributed by atoms with Crippen LogP contribution in [0.2, 0.25) is 0 Å². The van der Waals surface area contributed by atoms with Gasteiger partial charge >= 0.3 is 0 Å². The summed E-state index contributed by atoms with van der Waals surface area (Å²) in [6, 6.07) is 12.6. The van der Waals surface area contributed by atoms with E-state index in [4.69, 9.17) is 10.5 Å². The predicted molar refractivity (Wildman–Crippen MR) is 81.5 cm³/mol. The van der Waals surface area contributed by atoms with Gasteiger partial charge in [-0.3, -0.25) is 4.79 Å². The number of nitrogens with one attached hydrogen (secondary N) is 2. The Labute approximate surface area is 130 Å². The van der Waals surface area contributed by atoms with Crippen molar-refractivity contribution < 1.29 is 14.5 Å². The van der Waals surface area contributed by atoms with E-state index in [-0.39, 0.29) is 12.4 Å². The van der Waals surface area contributed by atoms with Gasteiger partial charge < -0.3 is 10.5 Å². The van der Waals surface area contributed by atoms with Crippen molar-refractivity contribution in [2.24, 2.45) is 10.8 Å². The van der Waals surface area contributed by atoms with Crippen LogP contribution < -0.4 is 20.9 Å². The number of nitrogens with two attached hydrogens (primary N) is 1. The molecule has 0 aliphatic carbocycles. The molecule has 0 radical (unpaired) electrons. The first-order valence-corrected chi connectivity index (χ1v) is 6.92. The fourth-order valence-electron chi connectivity index (χ4n) is 1.45. The second-order valence-electron chi connectivity index (χ2n) is 4.05. The van der Waals surface area contributed by atoms with Crippen LogP contribution in [-0.2, 0) is 4.79 Å². The summed E-state index contributed by atoms with van der Waals surface area (Å²) in [4.78, 5) is 14.5. The number of pyridine rings is 1.